The molecule has 0 fully saturated rings. The van der Waals surface area contributed by atoms with E-state index in [0.717, 1.165) is 17.7 Å². The molecule has 1 rings (SSSR count). The molecule has 0 aromatic heterocycles. The molecule has 0 aliphatic carbocycles. The standard InChI is InChI=1S/C13H18O3/c1-10(14)3-4-12-5-7-13(8-6-12)16-9-11(2)15/h5-8,11,15H,3-4,9H2,1-2H3. The summed E-state index contributed by atoms with van der Waals surface area (Å²) in [7, 11) is 0. The van der Waals surface area contributed by atoms with Gasteiger partial charge in [0.25, 0.3) is 0 Å². The highest BCUT2D eigenvalue weighted by Crippen LogP contribution is 2.13. The predicted molar refractivity (Wildman–Crippen MR) is 62.6 cm³/mol. The Morgan fingerprint density at radius 2 is 2.00 bits per heavy atom. The van der Waals surface area contributed by atoms with Gasteiger partial charge < -0.3 is 14.6 Å². The Kier molecular flexibility index (Phi) is 4.99. The Bertz CT molecular complexity index is 328. The number of Topliss-reactive ketones (excluding diaryl/α,β-unsaturated/α-hetero) is 1. The SMILES string of the molecule is CC(=O)CCc1ccc(OCC(C)O)cc1. The van der Waals surface area contributed by atoms with Crippen LogP contribution >= 0.6 is 0 Å². The number of aliphatic hydroxyl groups excluding tert-OH is 1. The lowest BCUT2D eigenvalue weighted by molar-refractivity contribution is -0.116. The zero-order valence-corrected chi connectivity index (χ0v) is 9.77. The molecule has 88 valence electrons. The van der Waals surface area contributed by atoms with E-state index in [2.05, 4.69) is 0 Å². The van der Waals surface area contributed by atoms with Gasteiger partial charge in [-0.15, -0.1) is 0 Å². The first-order valence-electron chi connectivity index (χ1n) is 5.47. The molecule has 0 saturated carbocycles. The molecule has 16 heavy (non-hydrogen) atoms. The van der Waals surface area contributed by atoms with Crippen molar-refractivity contribution >= 4 is 5.78 Å². The van der Waals surface area contributed by atoms with Gasteiger partial charge in [0.1, 0.15) is 18.1 Å². The molecule has 1 atom stereocenters. The number of rotatable bonds is 6. The van der Waals surface area contributed by atoms with Crippen molar-refractivity contribution in [1.29, 1.82) is 0 Å². The highest BCUT2D eigenvalue weighted by molar-refractivity contribution is 5.75. The summed E-state index contributed by atoms with van der Waals surface area (Å²) in [5.74, 6) is 0.946. The van der Waals surface area contributed by atoms with Gasteiger partial charge in [-0.3, -0.25) is 0 Å². The number of ketones is 1. The zero-order valence-electron chi connectivity index (χ0n) is 9.77. The minimum Gasteiger partial charge on any atom is -0.491 e. The number of hydrogen-bond acceptors (Lipinski definition) is 3. The van der Waals surface area contributed by atoms with E-state index in [1.165, 1.54) is 0 Å². The molecule has 0 spiro atoms. The maximum absolute atomic E-state index is 10.8. The third kappa shape index (κ3) is 4.94. The summed E-state index contributed by atoms with van der Waals surface area (Å²) in [6, 6.07) is 7.61. The minimum absolute atomic E-state index is 0.203. The Morgan fingerprint density at radius 1 is 1.38 bits per heavy atom. The Hall–Kier alpha value is -1.35. The molecule has 0 aliphatic heterocycles. The van der Waals surface area contributed by atoms with E-state index in [1.807, 2.05) is 24.3 Å². The second kappa shape index (κ2) is 6.28. The number of carbonyl (C=O) groups excluding carboxylic acids is 1. The summed E-state index contributed by atoms with van der Waals surface area (Å²) in [4.78, 5) is 10.8. The summed E-state index contributed by atoms with van der Waals surface area (Å²) < 4.78 is 5.33. The van der Waals surface area contributed by atoms with E-state index in [-0.39, 0.29) is 5.78 Å². The first-order chi connectivity index (χ1) is 7.58. The van der Waals surface area contributed by atoms with Crippen LogP contribution in [0.15, 0.2) is 24.3 Å². The largest absolute Gasteiger partial charge is 0.491 e. The maximum Gasteiger partial charge on any atom is 0.130 e. The van der Waals surface area contributed by atoms with Gasteiger partial charge in [-0.05, 0) is 38.0 Å². The van der Waals surface area contributed by atoms with E-state index in [9.17, 15) is 4.79 Å². The highest BCUT2D eigenvalue weighted by Gasteiger charge is 2.00. The van der Waals surface area contributed by atoms with Crippen LogP contribution in [-0.4, -0.2) is 23.6 Å². The molecule has 3 nitrogen and oxygen atoms in total. The Morgan fingerprint density at radius 3 is 2.50 bits per heavy atom. The van der Waals surface area contributed by atoms with Crippen LogP contribution in [0.25, 0.3) is 0 Å². The molecule has 0 aliphatic rings. The Balaban J connectivity index is 2.44. The van der Waals surface area contributed by atoms with Gasteiger partial charge in [0.15, 0.2) is 0 Å². The van der Waals surface area contributed by atoms with E-state index in [1.54, 1.807) is 13.8 Å². The van der Waals surface area contributed by atoms with E-state index >= 15 is 0 Å². The molecular formula is C13H18O3. The fourth-order valence-corrected chi connectivity index (χ4v) is 1.29. The second-order valence-corrected chi connectivity index (χ2v) is 4.01. The van der Waals surface area contributed by atoms with Crippen LogP contribution in [-0.2, 0) is 11.2 Å². The molecule has 0 amide bonds. The van der Waals surface area contributed by atoms with Crippen molar-refractivity contribution in [3.05, 3.63) is 29.8 Å². The fourth-order valence-electron chi connectivity index (χ4n) is 1.29. The molecule has 1 aromatic carbocycles. The summed E-state index contributed by atoms with van der Waals surface area (Å²) in [6.07, 6.45) is 0.886. The summed E-state index contributed by atoms with van der Waals surface area (Å²) in [6.45, 7) is 3.58. The average molecular weight is 222 g/mol. The number of ether oxygens (including phenoxy) is 1. The molecule has 0 heterocycles. The topological polar surface area (TPSA) is 46.5 Å². The first-order valence-corrected chi connectivity index (χ1v) is 5.47. The van der Waals surface area contributed by atoms with Crippen LogP contribution in [0.3, 0.4) is 0 Å². The van der Waals surface area contributed by atoms with Crippen molar-refractivity contribution in [2.45, 2.75) is 32.8 Å². The quantitative estimate of drug-likeness (QED) is 0.800. The van der Waals surface area contributed by atoms with Gasteiger partial charge >= 0.3 is 0 Å². The first kappa shape index (κ1) is 12.7. The number of aliphatic hydroxyl groups is 1. The van der Waals surface area contributed by atoms with Crippen molar-refractivity contribution in [1.82, 2.24) is 0 Å². The van der Waals surface area contributed by atoms with Gasteiger partial charge in [-0.2, -0.15) is 0 Å². The van der Waals surface area contributed by atoms with Crippen LogP contribution in [0.2, 0.25) is 0 Å². The normalized spacial score (nSPS) is 12.2. The van der Waals surface area contributed by atoms with Crippen molar-refractivity contribution in [2.75, 3.05) is 6.61 Å². The van der Waals surface area contributed by atoms with E-state index in [0.29, 0.717) is 13.0 Å². The predicted octanol–water partition coefficient (Wildman–Crippen LogP) is 1.97. The number of benzene rings is 1. The lowest BCUT2D eigenvalue weighted by Crippen LogP contribution is -2.12. The molecule has 1 N–H and O–H groups in total. The van der Waals surface area contributed by atoms with Crippen LogP contribution in [0.5, 0.6) is 5.75 Å². The molecule has 1 aromatic rings. The molecule has 0 radical (unpaired) electrons. The number of carbonyl (C=O) groups is 1. The number of hydrogen-bond donors (Lipinski definition) is 1. The van der Waals surface area contributed by atoms with Gasteiger partial charge in [-0.1, -0.05) is 12.1 Å². The fraction of sp³-hybridized carbons (Fsp3) is 0.462. The van der Waals surface area contributed by atoms with Crippen LogP contribution in [0.4, 0.5) is 0 Å². The monoisotopic (exact) mass is 222 g/mol. The van der Waals surface area contributed by atoms with Gasteiger partial charge in [0, 0.05) is 6.42 Å². The third-order valence-corrected chi connectivity index (χ3v) is 2.18. The third-order valence-electron chi connectivity index (χ3n) is 2.18. The van der Waals surface area contributed by atoms with E-state index < -0.39 is 6.10 Å². The zero-order chi connectivity index (χ0) is 12.0. The minimum atomic E-state index is -0.461. The molecule has 3 heteroatoms. The van der Waals surface area contributed by atoms with Crippen LogP contribution in [0.1, 0.15) is 25.8 Å². The van der Waals surface area contributed by atoms with Gasteiger partial charge in [-0.25, -0.2) is 0 Å². The van der Waals surface area contributed by atoms with Crippen LogP contribution < -0.4 is 4.74 Å². The summed E-state index contributed by atoms with van der Waals surface area (Å²) in [5.41, 5.74) is 1.12. The lowest BCUT2D eigenvalue weighted by atomic mass is 10.1. The molecule has 1 unspecified atom stereocenters. The molecular weight excluding hydrogens is 204 g/mol. The van der Waals surface area contributed by atoms with E-state index in [4.69, 9.17) is 9.84 Å². The van der Waals surface area contributed by atoms with Gasteiger partial charge in [0.2, 0.25) is 0 Å². The van der Waals surface area contributed by atoms with Gasteiger partial charge in [0.05, 0.1) is 6.10 Å². The maximum atomic E-state index is 10.8. The van der Waals surface area contributed by atoms with Crippen molar-refractivity contribution in [2.24, 2.45) is 0 Å². The summed E-state index contributed by atoms with van der Waals surface area (Å²) >= 11 is 0. The smallest absolute Gasteiger partial charge is 0.130 e. The van der Waals surface area contributed by atoms with Crippen LogP contribution in [0, 0.1) is 0 Å². The highest BCUT2D eigenvalue weighted by atomic mass is 16.5. The Labute approximate surface area is 96.1 Å². The van der Waals surface area contributed by atoms with Crippen molar-refractivity contribution in [3.63, 3.8) is 0 Å². The second-order valence-electron chi connectivity index (χ2n) is 4.01. The molecule has 0 bridgehead atoms. The van der Waals surface area contributed by atoms with Crippen molar-refractivity contribution < 1.29 is 14.6 Å². The summed E-state index contributed by atoms with van der Waals surface area (Å²) in [5, 5.41) is 9.05. The number of aryl methyl sites for hydroxylation is 1. The average Bonchev–Trinajstić information content (AvgIpc) is 2.25. The van der Waals surface area contributed by atoms with Crippen molar-refractivity contribution in [3.8, 4) is 5.75 Å². The lowest BCUT2D eigenvalue weighted by Gasteiger charge is -2.08. The molecule has 0 saturated heterocycles.